The lowest BCUT2D eigenvalue weighted by Gasteiger charge is -2.15. The van der Waals surface area contributed by atoms with Crippen molar-refractivity contribution in [2.45, 2.75) is 6.61 Å². The summed E-state index contributed by atoms with van der Waals surface area (Å²) in [4.78, 5) is 31.7. The largest absolute Gasteiger partial charge is 0.487 e. The third kappa shape index (κ3) is 6.03. The third-order valence-electron chi connectivity index (χ3n) is 6.05. The Hall–Kier alpha value is -4.40. The predicted molar refractivity (Wildman–Crippen MR) is 152 cm³/mol. The molecule has 200 valence electrons. The van der Waals surface area contributed by atoms with E-state index in [2.05, 4.69) is 4.98 Å². The Morgan fingerprint density at radius 3 is 2.46 bits per heavy atom. The number of halogens is 1. The molecule has 0 spiro atoms. The number of nitrogens with zero attached hydrogens (tertiary/aromatic N) is 2. The maximum absolute atomic E-state index is 13.4. The van der Waals surface area contributed by atoms with Crippen molar-refractivity contribution in [3.8, 4) is 22.8 Å². The number of hydrogen-bond donors (Lipinski definition) is 1. The molecule has 0 amide bonds. The Labute approximate surface area is 230 Å². The molecule has 8 nitrogen and oxygen atoms in total. The van der Waals surface area contributed by atoms with Gasteiger partial charge in [0.15, 0.2) is 11.3 Å². The van der Waals surface area contributed by atoms with Gasteiger partial charge in [0.1, 0.15) is 24.5 Å². The number of rotatable bonds is 9. The van der Waals surface area contributed by atoms with Crippen molar-refractivity contribution in [3.05, 3.63) is 100 Å². The number of pyridine rings is 1. The van der Waals surface area contributed by atoms with E-state index in [-0.39, 0.29) is 53.7 Å². The van der Waals surface area contributed by atoms with Crippen LogP contribution >= 0.6 is 12.4 Å². The summed E-state index contributed by atoms with van der Waals surface area (Å²) in [7, 11) is 3.80. The van der Waals surface area contributed by atoms with E-state index in [1.54, 1.807) is 24.3 Å². The molecule has 0 saturated carbocycles. The van der Waals surface area contributed by atoms with Gasteiger partial charge in [0.25, 0.3) is 0 Å². The fourth-order valence-corrected chi connectivity index (χ4v) is 4.07. The van der Waals surface area contributed by atoms with Crippen molar-refractivity contribution in [2.24, 2.45) is 0 Å². The van der Waals surface area contributed by atoms with Gasteiger partial charge in [-0.2, -0.15) is 0 Å². The Morgan fingerprint density at radius 2 is 1.72 bits per heavy atom. The average Bonchev–Trinajstić information content (AvgIpc) is 2.92. The molecule has 0 aliphatic carbocycles. The second-order valence-electron chi connectivity index (χ2n) is 9.04. The highest BCUT2D eigenvalue weighted by molar-refractivity contribution is 6.01. The number of hydrogen-bond acceptors (Lipinski definition) is 7. The molecule has 0 bridgehead atoms. The number of benzene rings is 3. The highest BCUT2D eigenvalue weighted by Crippen LogP contribution is 2.33. The highest BCUT2D eigenvalue weighted by atomic mass is 35.5. The van der Waals surface area contributed by atoms with Crippen LogP contribution in [0.5, 0.6) is 11.5 Å². The summed E-state index contributed by atoms with van der Waals surface area (Å²) in [5.41, 5.74) is 1.74. The van der Waals surface area contributed by atoms with Crippen LogP contribution in [0.2, 0.25) is 0 Å². The van der Waals surface area contributed by atoms with E-state index in [0.29, 0.717) is 17.9 Å². The van der Waals surface area contributed by atoms with E-state index >= 15 is 0 Å². The molecule has 0 radical (unpaired) electrons. The summed E-state index contributed by atoms with van der Waals surface area (Å²) < 4.78 is 17.9. The molecule has 0 saturated heterocycles. The molecular formula is C30H27ClN2O6. The maximum atomic E-state index is 13.4. The lowest BCUT2D eigenvalue weighted by molar-refractivity contribution is 0.0697. The molecule has 0 atom stereocenters. The van der Waals surface area contributed by atoms with Crippen LogP contribution in [0.3, 0.4) is 0 Å². The molecule has 0 fully saturated rings. The first-order valence-corrected chi connectivity index (χ1v) is 12.1. The number of carboxylic acid groups (broad SMARTS) is 1. The molecule has 1 N–H and O–H groups in total. The van der Waals surface area contributed by atoms with Crippen LogP contribution in [0.15, 0.2) is 88.1 Å². The molecule has 5 rings (SSSR count). The smallest absolute Gasteiger partial charge is 0.339 e. The molecule has 39 heavy (non-hydrogen) atoms. The van der Waals surface area contributed by atoms with Gasteiger partial charge in [-0.15, -0.1) is 12.4 Å². The van der Waals surface area contributed by atoms with Gasteiger partial charge < -0.3 is 23.9 Å². The van der Waals surface area contributed by atoms with Gasteiger partial charge in [0, 0.05) is 17.5 Å². The summed E-state index contributed by atoms with van der Waals surface area (Å²) in [5.74, 6) is -0.376. The fraction of sp³-hybridized carbons (Fsp3) is 0.167. The van der Waals surface area contributed by atoms with Crippen molar-refractivity contribution in [1.29, 1.82) is 0 Å². The van der Waals surface area contributed by atoms with E-state index in [1.807, 2.05) is 55.4 Å². The van der Waals surface area contributed by atoms with Crippen molar-refractivity contribution >= 4 is 40.2 Å². The number of carboxylic acids is 1. The van der Waals surface area contributed by atoms with E-state index in [0.717, 1.165) is 16.6 Å². The Kier molecular flexibility index (Phi) is 8.49. The van der Waals surface area contributed by atoms with Gasteiger partial charge in [-0.25, -0.2) is 9.78 Å². The monoisotopic (exact) mass is 546 g/mol. The van der Waals surface area contributed by atoms with Crippen LogP contribution in [-0.4, -0.2) is 48.2 Å². The minimum atomic E-state index is -1.18. The number of fused-ring (bicyclic) bond motifs is 2. The Morgan fingerprint density at radius 1 is 0.949 bits per heavy atom. The Bertz CT molecular complexity index is 1680. The van der Waals surface area contributed by atoms with Gasteiger partial charge in [0.2, 0.25) is 11.2 Å². The zero-order valence-electron chi connectivity index (χ0n) is 21.4. The SMILES string of the molecule is CN(C)CCOc1c(-c2ccc(OCc3ccc4ccccc4n3)cc2)oc2c(C(=O)O)cccc2c1=O.Cl. The molecular weight excluding hydrogens is 520 g/mol. The Balaban J connectivity index is 0.00000353. The zero-order chi connectivity index (χ0) is 26.6. The van der Waals surface area contributed by atoms with Crippen LogP contribution in [0.4, 0.5) is 0 Å². The van der Waals surface area contributed by atoms with Crippen LogP contribution < -0.4 is 14.9 Å². The maximum Gasteiger partial charge on any atom is 0.339 e. The minimum Gasteiger partial charge on any atom is -0.487 e. The van der Waals surface area contributed by atoms with E-state index in [1.165, 1.54) is 18.2 Å². The predicted octanol–water partition coefficient (Wildman–Crippen LogP) is 5.65. The lowest BCUT2D eigenvalue weighted by atomic mass is 10.1. The van der Waals surface area contributed by atoms with E-state index in [9.17, 15) is 14.7 Å². The molecule has 0 aliphatic heterocycles. The second-order valence-corrected chi connectivity index (χ2v) is 9.04. The van der Waals surface area contributed by atoms with Crippen LogP contribution in [0.25, 0.3) is 33.2 Å². The van der Waals surface area contributed by atoms with Gasteiger partial charge in [-0.05, 0) is 62.6 Å². The number of aromatic carboxylic acids is 1. The third-order valence-corrected chi connectivity index (χ3v) is 6.05. The average molecular weight is 547 g/mol. The molecule has 2 heterocycles. The summed E-state index contributed by atoms with van der Waals surface area (Å²) in [6.45, 7) is 1.13. The van der Waals surface area contributed by atoms with Gasteiger partial charge in [0.05, 0.1) is 16.6 Å². The van der Waals surface area contributed by atoms with E-state index < -0.39 is 11.4 Å². The molecule has 0 aliphatic rings. The fourth-order valence-electron chi connectivity index (χ4n) is 4.07. The lowest BCUT2D eigenvalue weighted by Crippen LogP contribution is -2.21. The first-order chi connectivity index (χ1) is 18.4. The molecule has 3 aromatic carbocycles. The summed E-state index contributed by atoms with van der Waals surface area (Å²) in [6.07, 6.45) is 0. The first kappa shape index (κ1) is 27.6. The van der Waals surface area contributed by atoms with Crippen molar-refractivity contribution in [1.82, 2.24) is 9.88 Å². The van der Waals surface area contributed by atoms with Crippen LogP contribution in [0, 0.1) is 0 Å². The van der Waals surface area contributed by atoms with Crippen molar-refractivity contribution in [3.63, 3.8) is 0 Å². The quantitative estimate of drug-likeness (QED) is 0.253. The number of ether oxygens (including phenoxy) is 2. The topological polar surface area (TPSA) is 102 Å². The van der Waals surface area contributed by atoms with Crippen molar-refractivity contribution < 1.29 is 23.8 Å². The van der Waals surface area contributed by atoms with E-state index in [4.69, 9.17) is 13.9 Å². The van der Waals surface area contributed by atoms with Crippen LogP contribution in [0.1, 0.15) is 16.1 Å². The molecule has 9 heteroatoms. The number of likely N-dealkylation sites (N-methyl/N-ethyl adjacent to an activating group) is 1. The number of carbonyl (C=O) groups is 1. The number of aromatic nitrogens is 1. The molecule has 5 aromatic rings. The van der Waals surface area contributed by atoms with Gasteiger partial charge in [-0.1, -0.05) is 30.3 Å². The minimum absolute atomic E-state index is 0. The highest BCUT2D eigenvalue weighted by Gasteiger charge is 2.21. The second kappa shape index (κ2) is 12.0. The summed E-state index contributed by atoms with van der Waals surface area (Å²) in [5, 5.41) is 10.8. The molecule has 0 unspecified atom stereocenters. The summed E-state index contributed by atoms with van der Waals surface area (Å²) in [6, 6.07) is 23.3. The summed E-state index contributed by atoms with van der Waals surface area (Å²) >= 11 is 0. The van der Waals surface area contributed by atoms with Gasteiger partial charge in [-0.3, -0.25) is 4.79 Å². The standard InChI is InChI=1S/C30H26N2O6.ClH/c1-32(2)16-17-36-29-26(33)23-7-5-8-24(30(34)35)28(23)38-27(29)20-11-14-22(15-12-20)37-18-21-13-10-19-6-3-4-9-25(19)31-21;/h3-15H,16-18H2,1-2H3,(H,34,35);1H. The molecule has 2 aromatic heterocycles. The van der Waals surface area contributed by atoms with Gasteiger partial charge >= 0.3 is 5.97 Å². The van der Waals surface area contributed by atoms with Crippen LogP contribution in [-0.2, 0) is 6.61 Å². The first-order valence-electron chi connectivity index (χ1n) is 12.1. The normalized spacial score (nSPS) is 10.9. The zero-order valence-corrected chi connectivity index (χ0v) is 22.2. The number of para-hydroxylation sites is 2. The van der Waals surface area contributed by atoms with Crippen molar-refractivity contribution in [2.75, 3.05) is 27.2 Å².